The molecule has 4 nitrogen and oxygen atoms in total. The standard InChI is InChI=1S/C12H10O4/c1-2-15-12(14)10(13)9-5-3-4-8-6-7-16-11(8)9/h3-7H,2H2,1H3. The van der Waals surface area contributed by atoms with Gasteiger partial charge in [0.1, 0.15) is 5.58 Å². The predicted molar refractivity (Wildman–Crippen MR) is 57.2 cm³/mol. The number of benzene rings is 1. The van der Waals surface area contributed by atoms with Gasteiger partial charge in [-0.25, -0.2) is 4.79 Å². The van der Waals surface area contributed by atoms with E-state index in [0.29, 0.717) is 5.58 Å². The molecule has 16 heavy (non-hydrogen) atoms. The maximum Gasteiger partial charge on any atom is 0.379 e. The summed E-state index contributed by atoms with van der Waals surface area (Å²) in [5.41, 5.74) is 0.654. The lowest BCUT2D eigenvalue weighted by Crippen LogP contribution is -2.17. The molecule has 0 saturated heterocycles. The molecule has 1 heterocycles. The van der Waals surface area contributed by atoms with Crippen LogP contribution in [-0.2, 0) is 9.53 Å². The Morgan fingerprint density at radius 1 is 1.31 bits per heavy atom. The number of carbonyl (C=O) groups excluding carboxylic acids is 2. The van der Waals surface area contributed by atoms with Crippen molar-refractivity contribution in [1.29, 1.82) is 0 Å². The molecule has 82 valence electrons. The smallest absolute Gasteiger partial charge is 0.379 e. The van der Waals surface area contributed by atoms with Crippen LogP contribution in [0.5, 0.6) is 0 Å². The van der Waals surface area contributed by atoms with Crippen molar-refractivity contribution in [2.24, 2.45) is 0 Å². The average Bonchev–Trinajstić information content (AvgIpc) is 2.76. The van der Waals surface area contributed by atoms with Gasteiger partial charge < -0.3 is 9.15 Å². The highest BCUT2D eigenvalue weighted by atomic mass is 16.5. The molecule has 0 aliphatic heterocycles. The summed E-state index contributed by atoms with van der Waals surface area (Å²) in [6, 6.07) is 6.79. The Bertz CT molecular complexity index is 539. The Morgan fingerprint density at radius 3 is 2.88 bits per heavy atom. The third kappa shape index (κ3) is 1.69. The highest BCUT2D eigenvalue weighted by Gasteiger charge is 2.21. The molecule has 0 bridgehead atoms. The topological polar surface area (TPSA) is 56.5 Å². The van der Waals surface area contributed by atoms with Crippen LogP contribution in [-0.4, -0.2) is 18.4 Å². The van der Waals surface area contributed by atoms with Gasteiger partial charge in [-0.1, -0.05) is 12.1 Å². The first-order valence-corrected chi connectivity index (χ1v) is 4.91. The van der Waals surface area contributed by atoms with Crippen molar-refractivity contribution in [3.8, 4) is 0 Å². The van der Waals surface area contributed by atoms with E-state index in [2.05, 4.69) is 4.74 Å². The third-order valence-corrected chi connectivity index (χ3v) is 2.18. The Balaban J connectivity index is 2.43. The van der Waals surface area contributed by atoms with Gasteiger partial charge in [-0.2, -0.15) is 0 Å². The van der Waals surface area contributed by atoms with Crippen molar-refractivity contribution < 1.29 is 18.7 Å². The summed E-state index contributed by atoms with van der Waals surface area (Å²) in [7, 11) is 0. The van der Waals surface area contributed by atoms with Crippen LogP contribution >= 0.6 is 0 Å². The molecule has 0 amide bonds. The van der Waals surface area contributed by atoms with E-state index in [1.165, 1.54) is 6.26 Å². The normalized spacial score (nSPS) is 10.3. The van der Waals surface area contributed by atoms with E-state index in [4.69, 9.17) is 4.42 Å². The molecule has 0 aliphatic rings. The molecule has 1 aromatic heterocycles. The third-order valence-electron chi connectivity index (χ3n) is 2.18. The van der Waals surface area contributed by atoms with Crippen molar-refractivity contribution in [2.45, 2.75) is 6.92 Å². The van der Waals surface area contributed by atoms with E-state index in [0.717, 1.165) is 5.39 Å². The molecule has 2 rings (SSSR count). The lowest BCUT2D eigenvalue weighted by Gasteiger charge is -2.01. The molecule has 0 aliphatic carbocycles. The minimum Gasteiger partial charge on any atom is -0.464 e. The zero-order valence-electron chi connectivity index (χ0n) is 8.73. The number of ketones is 1. The number of fused-ring (bicyclic) bond motifs is 1. The summed E-state index contributed by atoms with van der Waals surface area (Å²) in [6.07, 6.45) is 1.48. The number of rotatable bonds is 3. The summed E-state index contributed by atoms with van der Waals surface area (Å²) in [4.78, 5) is 23.0. The molecular weight excluding hydrogens is 208 g/mol. The molecular formula is C12H10O4. The first kappa shape index (κ1) is 10.4. The van der Waals surface area contributed by atoms with Crippen LogP contribution in [0, 0.1) is 0 Å². The van der Waals surface area contributed by atoms with Gasteiger partial charge in [0.05, 0.1) is 18.4 Å². The van der Waals surface area contributed by atoms with Crippen LogP contribution in [0.2, 0.25) is 0 Å². The zero-order chi connectivity index (χ0) is 11.5. The molecule has 0 atom stereocenters. The summed E-state index contributed by atoms with van der Waals surface area (Å²) >= 11 is 0. The fourth-order valence-electron chi connectivity index (χ4n) is 1.48. The SMILES string of the molecule is CCOC(=O)C(=O)c1cccc2ccoc12. The molecule has 0 unspecified atom stereocenters. The van der Waals surface area contributed by atoms with Gasteiger partial charge in [0, 0.05) is 5.39 Å². The van der Waals surface area contributed by atoms with Gasteiger partial charge >= 0.3 is 5.97 Å². The maximum atomic E-state index is 11.7. The summed E-state index contributed by atoms with van der Waals surface area (Å²) in [6.45, 7) is 1.83. The molecule has 4 heteroatoms. The summed E-state index contributed by atoms with van der Waals surface area (Å²) < 4.78 is 9.82. The quantitative estimate of drug-likeness (QED) is 0.450. The number of hydrogen-bond donors (Lipinski definition) is 0. The summed E-state index contributed by atoms with van der Waals surface area (Å²) in [5, 5.41) is 0.787. The Hall–Kier alpha value is -2.10. The van der Waals surface area contributed by atoms with E-state index < -0.39 is 11.8 Å². The lowest BCUT2D eigenvalue weighted by molar-refractivity contribution is -0.137. The molecule has 0 saturated carbocycles. The second-order valence-electron chi connectivity index (χ2n) is 3.19. The van der Waals surface area contributed by atoms with Crippen LogP contribution in [0.1, 0.15) is 17.3 Å². The molecule has 1 aromatic carbocycles. The van der Waals surface area contributed by atoms with Gasteiger partial charge in [0.25, 0.3) is 5.78 Å². The minimum absolute atomic E-state index is 0.179. The van der Waals surface area contributed by atoms with Gasteiger partial charge in [-0.3, -0.25) is 4.79 Å². The molecule has 0 N–H and O–H groups in total. The van der Waals surface area contributed by atoms with Crippen LogP contribution in [0.25, 0.3) is 11.0 Å². The Morgan fingerprint density at radius 2 is 2.12 bits per heavy atom. The van der Waals surface area contributed by atoms with Crippen molar-refractivity contribution in [1.82, 2.24) is 0 Å². The number of hydrogen-bond acceptors (Lipinski definition) is 4. The lowest BCUT2D eigenvalue weighted by atomic mass is 10.1. The van der Waals surface area contributed by atoms with Crippen LogP contribution in [0.4, 0.5) is 0 Å². The zero-order valence-corrected chi connectivity index (χ0v) is 8.73. The monoisotopic (exact) mass is 218 g/mol. The Labute approximate surface area is 91.8 Å². The number of furan rings is 1. The summed E-state index contributed by atoms with van der Waals surface area (Å²) in [5.74, 6) is -1.53. The van der Waals surface area contributed by atoms with E-state index in [-0.39, 0.29) is 12.2 Å². The van der Waals surface area contributed by atoms with E-state index in [1.807, 2.05) is 0 Å². The number of ether oxygens (including phenoxy) is 1. The predicted octanol–water partition coefficient (Wildman–Crippen LogP) is 2.18. The minimum atomic E-state index is -0.855. The fraction of sp³-hybridized carbons (Fsp3) is 0.167. The maximum absolute atomic E-state index is 11.7. The fourth-order valence-corrected chi connectivity index (χ4v) is 1.48. The second-order valence-corrected chi connectivity index (χ2v) is 3.19. The number of para-hydroxylation sites is 1. The van der Waals surface area contributed by atoms with Gasteiger partial charge in [-0.15, -0.1) is 0 Å². The van der Waals surface area contributed by atoms with E-state index >= 15 is 0 Å². The Kier molecular flexibility index (Phi) is 2.72. The number of carbonyl (C=O) groups is 2. The van der Waals surface area contributed by atoms with Crippen molar-refractivity contribution >= 4 is 22.7 Å². The van der Waals surface area contributed by atoms with Gasteiger partial charge in [0.15, 0.2) is 0 Å². The van der Waals surface area contributed by atoms with Crippen molar-refractivity contribution in [3.63, 3.8) is 0 Å². The van der Waals surface area contributed by atoms with Crippen LogP contribution in [0.3, 0.4) is 0 Å². The second kappa shape index (κ2) is 4.18. The molecule has 0 fully saturated rings. The van der Waals surface area contributed by atoms with Crippen molar-refractivity contribution in [2.75, 3.05) is 6.61 Å². The highest BCUT2D eigenvalue weighted by molar-refractivity contribution is 6.42. The largest absolute Gasteiger partial charge is 0.464 e. The highest BCUT2D eigenvalue weighted by Crippen LogP contribution is 2.20. The molecule has 0 radical (unpaired) electrons. The van der Waals surface area contributed by atoms with Crippen LogP contribution in [0.15, 0.2) is 34.9 Å². The van der Waals surface area contributed by atoms with Crippen molar-refractivity contribution in [3.05, 3.63) is 36.1 Å². The van der Waals surface area contributed by atoms with E-state index in [9.17, 15) is 9.59 Å². The first-order valence-electron chi connectivity index (χ1n) is 4.91. The number of Topliss-reactive ketones (excluding diaryl/α,β-unsaturated/α-hetero) is 1. The van der Waals surface area contributed by atoms with Gasteiger partial charge in [0.2, 0.25) is 0 Å². The van der Waals surface area contributed by atoms with E-state index in [1.54, 1.807) is 31.2 Å². The average molecular weight is 218 g/mol. The van der Waals surface area contributed by atoms with Gasteiger partial charge in [-0.05, 0) is 19.1 Å². The first-order chi connectivity index (χ1) is 7.74. The van der Waals surface area contributed by atoms with Crippen LogP contribution < -0.4 is 0 Å². The number of esters is 1. The molecule has 0 spiro atoms. The molecule has 2 aromatic rings.